The van der Waals surface area contributed by atoms with Gasteiger partial charge in [0, 0.05) is 17.1 Å². The molecule has 0 aliphatic rings. The average molecular weight is 337 g/mol. The third kappa shape index (κ3) is 3.34. The minimum absolute atomic E-state index is 0.0589. The van der Waals surface area contributed by atoms with Gasteiger partial charge < -0.3 is 10.5 Å². The lowest BCUT2D eigenvalue weighted by molar-refractivity contribution is -0.385. The summed E-state index contributed by atoms with van der Waals surface area (Å²) in [6.07, 6.45) is 0. The Morgan fingerprint density at radius 3 is 2.65 bits per heavy atom. The van der Waals surface area contributed by atoms with Crippen LogP contribution in [0.1, 0.15) is 11.1 Å². The molecule has 2 aromatic rings. The van der Waals surface area contributed by atoms with E-state index in [1.54, 1.807) is 24.3 Å². The highest BCUT2D eigenvalue weighted by atomic mass is 79.9. The van der Waals surface area contributed by atoms with E-state index in [2.05, 4.69) is 15.9 Å². The fraction of sp³-hybridized carbons (Fsp3) is 0.143. The van der Waals surface area contributed by atoms with Gasteiger partial charge in [-0.1, -0.05) is 28.1 Å². The normalized spacial score (nSPS) is 10.3. The Morgan fingerprint density at radius 1 is 1.20 bits per heavy atom. The van der Waals surface area contributed by atoms with Gasteiger partial charge in [-0.3, -0.25) is 10.1 Å². The Labute approximate surface area is 124 Å². The number of nitrogens with two attached hydrogens (primary N) is 1. The van der Waals surface area contributed by atoms with Gasteiger partial charge in [0.05, 0.1) is 10.5 Å². The van der Waals surface area contributed by atoms with Crippen molar-refractivity contribution < 1.29 is 9.66 Å². The van der Waals surface area contributed by atoms with Crippen LogP contribution in [0.3, 0.4) is 0 Å². The number of para-hydroxylation sites is 1. The Balaban J connectivity index is 2.15. The summed E-state index contributed by atoms with van der Waals surface area (Å²) in [7, 11) is 0. The molecule has 2 aromatic carbocycles. The molecule has 6 heteroatoms. The van der Waals surface area contributed by atoms with Crippen molar-refractivity contribution in [1.82, 2.24) is 0 Å². The first-order valence-corrected chi connectivity index (χ1v) is 6.74. The van der Waals surface area contributed by atoms with E-state index in [9.17, 15) is 10.1 Å². The number of nitro groups is 1. The van der Waals surface area contributed by atoms with E-state index in [4.69, 9.17) is 10.5 Å². The van der Waals surface area contributed by atoms with Crippen LogP contribution in [0.25, 0.3) is 0 Å². The number of nitrogens with zero attached hydrogens (tertiary/aromatic N) is 1. The van der Waals surface area contributed by atoms with Crippen LogP contribution in [0.5, 0.6) is 5.75 Å². The molecule has 0 spiro atoms. The largest absolute Gasteiger partial charge is 0.489 e. The van der Waals surface area contributed by atoms with Crippen LogP contribution in [0, 0.1) is 10.1 Å². The van der Waals surface area contributed by atoms with E-state index < -0.39 is 4.92 Å². The van der Waals surface area contributed by atoms with Gasteiger partial charge in [-0.2, -0.15) is 0 Å². The summed E-state index contributed by atoms with van der Waals surface area (Å²) < 4.78 is 6.51. The maximum Gasteiger partial charge on any atom is 0.276 e. The zero-order valence-corrected chi connectivity index (χ0v) is 12.2. The Kier molecular flexibility index (Phi) is 4.70. The standard InChI is InChI=1S/C14H13BrN2O3/c15-13-6-5-12(7-11(13)8-16)20-9-10-3-1-2-4-14(10)17(18)19/h1-7H,8-9,16H2. The molecule has 0 aliphatic carbocycles. The lowest BCUT2D eigenvalue weighted by Gasteiger charge is -2.09. The van der Waals surface area contributed by atoms with Crippen LogP contribution in [-0.4, -0.2) is 4.92 Å². The van der Waals surface area contributed by atoms with Crippen molar-refractivity contribution >= 4 is 21.6 Å². The lowest BCUT2D eigenvalue weighted by atomic mass is 10.2. The van der Waals surface area contributed by atoms with E-state index >= 15 is 0 Å². The van der Waals surface area contributed by atoms with Crippen molar-refractivity contribution in [2.75, 3.05) is 0 Å². The number of rotatable bonds is 5. The number of halogens is 1. The van der Waals surface area contributed by atoms with Crippen molar-refractivity contribution in [3.63, 3.8) is 0 Å². The summed E-state index contributed by atoms with van der Waals surface area (Å²) in [6.45, 7) is 0.534. The van der Waals surface area contributed by atoms with E-state index in [1.165, 1.54) is 6.07 Å². The number of nitro benzene ring substituents is 1. The zero-order valence-electron chi connectivity index (χ0n) is 10.6. The average Bonchev–Trinajstić information content (AvgIpc) is 2.46. The molecule has 2 rings (SSSR count). The fourth-order valence-electron chi connectivity index (χ4n) is 1.77. The molecule has 0 aliphatic heterocycles. The molecule has 0 amide bonds. The van der Waals surface area contributed by atoms with Crippen molar-refractivity contribution in [2.24, 2.45) is 5.73 Å². The lowest BCUT2D eigenvalue weighted by Crippen LogP contribution is -2.02. The summed E-state index contributed by atoms with van der Waals surface area (Å²) in [5.74, 6) is 0.631. The highest BCUT2D eigenvalue weighted by Crippen LogP contribution is 2.24. The van der Waals surface area contributed by atoms with Gasteiger partial charge >= 0.3 is 0 Å². The third-order valence-electron chi connectivity index (χ3n) is 2.82. The third-order valence-corrected chi connectivity index (χ3v) is 3.59. The van der Waals surface area contributed by atoms with Gasteiger partial charge in [0.2, 0.25) is 0 Å². The molecular formula is C14H13BrN2O3. The molecule has 104 valence electrons. The Bertz CT molecular complexity index is 632. The molecule has 0 heterocycles. The first-order valence-electron chi connectivity index (χ1n) is 5.95. The van der Waals surface area contributed by atoms with Gasteiger partial charge in [0.1, 0.15) is 12.4 Å². The first-order chi connectivity index (χ1) is 9.61. The number of hydrogen-bond acceptors (Lipinski definition) is 4. The molecule has 0 bridgehead atoms. The van der Waals surface area contributed by atoms with Crippen molar-refractivity contribution in [2.45, 2.75) is 13.2 Å². The van der Waals surface area contributed by atoms with Crippen LogP contribution in [0.2, 0.25) is 0 Å². The van der Waals surface area contributed by atoms with Gasteiger partial charge in [-0.25, -0.2) is 0 Å². The molecule has 5 nitrogen and oxygen atoms in total. The first kappa shape index (κ1) is 14.5. The van der Waals surface area contributed by atoms with Gasteiger partial charge in [-0.05, 0) is 29.8 Å². The molecule has 0 aromatic heterocycles. The minimum Gasteiger partial charge on any atom is -0.489 e. The summed E-state index contributed by atoms with van der Waals surface area (Å²) in [6, 6.07) is 12.0. The van der Waals surface area contributed by atoms with Crippen molar-refractivity contribution in [1.29, 1.82) is 0 Å². The Hall–Kier alpha value is -1.92. The molecule has 2 N–H and O–H groups in total. The molecule has 0 saturated heterocycles. The van der Waals surface area contributed by atoms with Crippen LogP contribution >= 0.6 is 15.9 Å². The molecule has 20 heavy (non-hydrogen) atoms. The summed E-state index contributed by atoms with van der Waals surface area (Å²) >= 11 is 3.39. The van der Waals surface area contributed by atoms with Crippen LogP contribution in [-0.2, 0) is 13.2 Å². The van der Waals surface area contributed by atoms with Crippen LogP contribution in [0.15, 0.2) is 46.9 Å². The second-order valence-electron chi connectivity index (χ2n) is 4.13. The molecule has 0 unspecified atom stereocenters. The topological polar surface area (TPSA) is 78.4 Å². The maximum absolute atomic E-state index is 10.9. The van der Waals surface area contributed by atoms with E-state index in [1.807, 2.05) is 12.1 Å². The number of benzene rings is 2. The van der Waals surface area contributed by atoms with E-state index in [0.717, 1.165) is 10.0 Å². The fourth-order valence-corrected chi connectivity index (χ4v) is 2.18. The summed E-state index contributed by atoms with van der Waals surface area (Å²) in [4.78, 5) is 10.5. The van der Waals surface area contributed by atoms with Gasteiger partial charge in [0.25, 0.3) is 5.69 Å². The van der Waals surface area contributed by atoms with Crippen molar-refractivity contribution in [3.05, 3.63) is 68.2 Å². The number of ether oxygens (including phenoxy) is 1. The number of hydrogen-bond donors (Lipinski definition) is 1. The predicted molar refractivity (Wildman–Crippen MR) is 79.5 cm³/mol. The van der Waals surface area contributed by atoms with Gasteiger partial charge in [0.15, 0.2) is 0 Å². The molecule has 0 saturated carbocycles. The maximum atomic E-state index is 10.9. The zero-order chi connectivity index (χ0) is 14.5. The summed E-state index contributed by atoms with van der Waals surface area (Å²) in [5.41, 5.74) is 7.13. The summed E-state index contributed by atoms with van der Waals surface area (Å²) in [5, 5.41) is 10.9. The van der Waals surface area contributed by atoms with E-state index in [0.29, 0.717) is 17.9 Å². The smallest absolute Gasteiger partial charge is 0.276 e. The van der Waals surface area contributed by atoms with Crippen molar-refractivity contribution in [3.8, 4) is 5.75 Å². The SMILES string of the molecule is NCc1cc(OCc2ccccc2[N+](=O)[O-])ccc1Br. The Morgan fingerprint density at radius 2 is 1.95 bits per heavy atom. The molecular weight excluding hydrogens is 324 g/mol. The monoisotopic (exact) mass is 336 g/mol. The second-order valence-corrected chi connectivity index (χ2v) is 4.99. The van der Waals surface area contributed by atoms with Gasteiger partial charge in [-0.15, -0.1) is 0 Å². The van der Waals surface area contributed by atoms with E-state index in [-0.39, 0.29) is 12.3 Å². The second kappa shape index (κ2) is 6.49. The molecule has 0 atom stereocenters. The minimum atomic E-state index is -0.411. The molecule has 0 radical (unpaired) electrons. The molecule has 0 fully saturated rings. The predicted octanol–water partition coefficient (Wildman–Crippen LogP) is 3.40. The highest BCUT2D eigenvalue weighted by molar-refractivity contribution is 9.10. The van der Waals surface area contributed by atoms with Crippen LogP contribution in [0.4, 0.5) is 5.69 Å². The quantitative estimate of drug-likeness (QED) is 0.670. The highest BCUT2D eigenvalue weighted by Gasteiger charge is 2.12. The van der Waals surface area contributed by atoms with Crippen LogP contribution < -0.4 is 10.5 Å².